The molecule has 0 aromatic carbocycles. The molecule has 5 atom stereocenters. The first-order valence-corrected chi connectivity index (χ1v) is 5.27. The molecule has 0 amide bonds. The highest BCUT2D eigenvalue weighted by atomic mass is 16.6. The molecule has 0 radical (unpaired) electrons. The van der Waals surface area contributed by atoms with E-state index in [1.807, 2.05) is 0 Å². The van der Waals surface area contributed by atoms with Gasteiger partial charge >= 0.3 is 0 Å². The van der Waals surface area contributed by atoms with Crippen molar-refractivity contribution >= 4 is 0 Å². The van der Waals surface area contributed by atoms with E-state index in [9.17, 15) is 0 Å². The van der Waals surface area contributed by atoms with Crippen LogP contribution in [0.1, 0.15) is 0 Å². The summed E-state index contributed by atoms with van der Waals surface area (Å²) in [6.07, 6.45) is -7.99. The average molecular weight is 272 g/mol. The van der Waals surface area contributed by atoms with Crippen molar-refractivity contribution < 1.29 is 45.6 Å². The van der Waals surface area contributed by atoms with Gasteiger partial charge in [0.05, 0.1) is 19.8 Å². The van der Waals surface area contributed by atoms with Crippen LogP contribution in [0.25, 0.3) is 0 Å². The largest absolute Gasteiger partial charge is 0.394 e. The summed E-state index contributed by atoms with van der Waals surface area (Å²) in [6.45, 7) is -1.25. The molecule has 1 aliphatic heterocycles. The number of hydrogen-bond acceptors (Lipinski definition) is 9. The zero-order valence-corrected chi connectivity index (χ0v) is 9.57. The third kappa shape index (κ3) is 5.10. The van der Waals surface area contributed by atoms with Gasteiger partial charge < -0.3 is 45.6 Å². The number of ether oxygens (including phenoxy) is 1. The van der Waals surface area contributed by atoms with Gasteiger partial charge in [-0.1, -0.05) is 0 Å². The van der Waals surface area contributed by atoms with Gasteiger partial charge in [-0.25, -0.2) is 0 Å². The lowest BCUT2D eigenvalue weighted by atomic mass is 10.00. The van der Waals surface area contributed by atoms with Gasteiger partial charge in [-0.3, -0.25) is 0 Å². The average Bonchev–Trinajstić information content (AvgIpc) is 2.40. The Morgan fingerprint density at radius 2 is 1.33 bits per heavy atom. The molecule has 1 unspecified atom stereocenters. The van der Waals surface area contributed by atoms with Crippen LogP contribution < -0.4 is 0 Å². The van der Waals surface area contributed by atoms with E-state index >= 15 is 0 Å². The molecule has 0 saturated carbocycles. The Hall–Kier alpha value is -0.360. The van der Waals surface area contributed by atoms with E-state index in [1.54, 1.807) is 0 Å². The molecule has 1 saturated heterocycles. The molecule has 1 rings (SSSR count). The van der Waals surface area contributed by atoms with E-state index in [4.69, 9.17) is 40.9 Å². The second-order valence-electron chi connectivity index (χ2n) is 3.74. The summed E-state index contributed by atoms with van der Waals surface area (Å²) in [5, 5.41) is 68.7. The molecule has 9 heteroatoms. The Balaban J connectivity index is 0.000000411. The quantitative estimate of drug-likeness (QED) is 0.251. The summed E-state index contributed by atoms with van der Waals surface area (Å²) >= 11 is 0. The summed E-state index contributed by atoms with van der Waals surface area (Å²) in [7, 11) is 0. The maximum atomic E-state index is 9.12. The Labute approximate surface area is 103 Å². The fourth-order valence-corrected chi connectivity index (χ4v) is 1.14. The Bertz CT molecular complexity index is 205. The molecule has 0 spiro atoms. The Morgan fingerprint density at radius 3 is 1.67 bits per heavy atom. The number of aliphatic hydroxyl groups is 8. The second-order valence-corrected chi connectivity index (χ2v) is 3.74. The van der Waals surface area contributed by atoms with Gasteiger partial charge in [-0.15, -0.1) is 0 Å². The lowest BCUT2D eigenvalue weighted by Crippen LogP contribution is -2.58. The van der Waals surface area contributed by atoms with Crippen molar-refractivity contribution in [2.75, 3.05) is 19.8 Å². The summed E-state index contributed by atoms with van der Waals surface area (Å²) in [4.78, 5) is 0. The van der Waals surface area contributed by atoms with Crippen LogP contribution >= 0.6 is 0 Å². The lowest BCUT2D eigenvalue weighted by Gasteiger charge is -2.37. The van der Waals surface area contributed by atoms with Gasteiger partial charge in [-0.2, -0.15) is 0 Å². The lowest BCUT2D eigenvalue weighted by molar-refractivity contribution is -0.286. The predicted octanol–water partition coefficient (Wildman–Crippen LogP) is -4.89. The molecule has 1 aliphatic rings. The summed E-state index contributed by atoms with van der Waals surface area (Å²) in [5.74, 6) is 0. The van der Waals surface area contributed by atoms with E-state index in [1.165, 1.54) is 0 Å². The van der Waals surface area contributed by atoms with Crippen LogP contribution in [0, 0.1) is 0 Å². The van der Waals surface area contributed by atoms with Crippen LogP contribution in [0.4, 0.5) is 0 Å². The van der Waals surface area contributed by atoms with E-state index in [-0.39, 0.29) is 13.2 Å². The minimum atomic E-state index is -1.57. The minimum Gasteiger partial charge on any atom is -0.394 e. The van der Waals surface area contributed by atoms with Gasteiger partial charge in [0.1, 0.15) is 30.5 Å². The van der Waals surface area contributed by atoms with Crippen LogP contribution in [0.5, 0.6) is 0 Å². The van der Waals surface area contributed by atoms with Crippen molar-refractivity contribution in [3.05, 3.63) is 0 Å². The van der Waals surface area contributed by atoms with Crippen molar-refractivity contribution in [2.45, 2.75) is 36.8 Å². The highest BCUT2D eigenvalue weighted by Crippen LogP contribution is 2.18. The topological polar surface area (TPSA) is 171 Å². The van der Waals surface area contributed by atoms with Crippen molar-refractivity contribution in [3.8, 4) is 0 Å². The molecule has 110 valence electrons. The normalized spacial score (nSPS) is 36.2. The molecule has 0 aromatic heterocycles. The highest BCUT2D eigenvalue weighted by Gasteiger charge is 2.42. The molecule has 1 heterocycles. The SMILES string of the molecule is OCC(O)CO.OC[C@H]1OC(O)[C@H](O)[C@@H](O)[C@H]1O. The van der Waals surface area contributed by atoms with Gasteiger partial charge in [0, 0.05) is 0 Å². The molecule has 18 heavy (non-hydrogen) atoms. The maximum Gasteiger partial charge on any atom is 0.184 e. The fourth-order valence-electron chi connectivity index (χ4n) is 1.14. The van der Waals surface area contributed by atoms with Crippen molar-refractivity contribution in [2.24, 2.45) is 0 Å². The van der Waals surface area contributed by atoms with E-state index in [2.05, 4.69) is 4.74 Å². The second kappa shape index (κ2) is 8.69. The number of hydrogen-bond donors (Lipinski definition) is 8. The third-order valence-corrected chi connectivity index (χ3v) is 2.29. The highest BCUT2D eigenvalue weighted by molar-refractivity contribution is 4.87. The van der Waals surface area contributed by atoms with Gasteiger partial charge in [-0.05, 0) is 0 Å². The van der Waals surface area contributed by atoms with Gasteiger partial charge in [0.2, 0.25) is 0 Å². The fraction of sp³-hybridized carbons (Fsp3) is 1.00. The monoisotopic (exact) mass is 272 g/mol. The van der Waals surface area contributed by atoms with Crippen molar-refractivity contribution in [1.82, 2.24) is 0 Å². The smallest absolute Gasteiger partial charge is 0.184 e. The maximum absolute atomic E-state index is 9.12. The van der Waals surface area contributed by atoms with Crippen LogP contribution in [0.2, 0.25) is 0 Å². The summed E-state index contributed by atoms with van der Waals surface area (Å²) in [5.41, 5.74) is 0. The Morgan fingerprint density at radius 1 is 0.833 bits per heavy atom. The number of rotatable bonds is 3. The van der Waals surface area contributed by atoms with Gasteiger partial charge in [0.25, 0.3) is 0 Å². The first-order chi connectivity index (χ1) is 8.38. The first kappa shape index (κ1) is 17.6. The zero-order chi connectivity index (χ0) is 14.3. The predicted molar refractivity (Wildman–Crippen MR) is 56.2 cm³/mol. The van der Waals surface area contributed by atoms with Gasteiger partial charge in [0.15, 0.2) is 6.29 Å². The Kier molecular flexibility index (Phi) is 8.52. The molecule has 9 nitrogen and oxygen atoms in total. The van der Waals surface area contributed by atoms with E-state index in [0.717, 1.165) is 0 Å². The third-order valence-electron chi connectivity index (χ3n) is 2.29. The summed E-state index contributed by atoms with van der Waals surface area (Å²) in [6, 6.07) is 0. The molecular weight excluding hydrogens is 252 g/mol. The van der Waals surface area contributed by atoms with Crippen LogP contribution in [-0.2, 0) is 4.74 Å². The number of aliphatic hydroxyl groups excluding tert-OH is 8. The van der Waals surface area contributed by atoms with Crippen LogP contribution in [-0.4, -0.2) is 97.5 Å². The first-order valence-electron chi connectivity index (χ1n) is 5.27. The van der Waals surface area contributed by atoms with E-state index < -0.39 is 43.4 Å². The molecule has 8 N–H and O–H groups in total. The molecule has 0 bridgehead atoms. The standard InChI is InChI=1S/C6H12O6.C3H8O3/c7-1-2-3(8)4(9)5(10)6(11)12-2;4-1-3(6)2-5/h2-11H,1H2;3-6H,1-2H2/t2-,3+,4+,5-,6?;/m1./s1. The minimum absolute atomic E-state index is 0.365. The summed E-state index contributed by atoms with van der Waals surface area (Å²) < 4.78 is 4.58. The van der Waals surface area contributed by atoms with Crippen molar-refractivity contribution in [1.29, 1.82) is 0 Å². The van der Waals surface area contributed by atoms with Crippen LogP contribution in [0.3, 0.4) is 0 Å². The molecule has 1 fully saturated rings. The molecule has 0 aliphatic carbocycles. The molecular formula is C9H20O9. The zero-order valence-electron chi connectivity index (χ0n) is 9.57. The van der Waals surface area contributed by atoms with Crippen LogP contribution in [0.15, 0.2) is 0 Å². The van der Waals surface area contributed by atoms with E-state index in [0.29, 0.717) is 0 Å². The van der Waals surface area contributed by atoms with Crippen molar-refractivity contribution in [3.63, 3.8) is 0 Å². The molecule has 0 aromatic rings.